The Bertz CT molecular complexity index is 3500. The van der Waals surface area contributed by atoms with Crippen LogP contribution in [-0.4, -0.2) is 0 Å². The fourth-order valence-corrected chi connectivity index (χ4v) is 8.77. The van der Waals surface area contributed by atoms with E-state index in [1.165, 1.54) is 5.56 Å². The lowest BCUT2D eigenvalue weighted by molar-refractivity contribution is 0.664. The summed E-state index contributed by atoms with van der Waals surface area (Å²) in [6.45, 7) is 0. The Morgan fingerprint density at radius 3 is 1.69 bits per heavy atom. The van der Waals surface area contributed by atoms with Crippen molar-refractivity contribution >= 4 is 82.9 Å². The van der Waals surface area contributed by atoms with E-state index in [1.54, 1.807) is 0 Å². The van der Waals surface area contributed by atoms with Crippen molar-refractivity contribution in [1.29, 1.82) is 0 Å². The first-order valence-corrected chi connectivity index (χ1v) is 19.6. The van der Waals surface area contributed by atoms with Gasteiger partial charge in [-0.25, -0.2) is 0 Å². The second-order valence-corrected chi connectivity index (χ2v) is 14.8. The van der Waals surface area contributed by atoms with Gasteiger partial charge in [-0.3, -0.25) is 0 Å². The molecule has 3 heterocycles. The van der Waals surface area contributed by atoms with Gasteiger partial charge >= 0.3 is 0 Å². The third-order valence-corrected chi connectivity index (χ3v) is 11.5. The lowest BCUT2D eigenvalue weighted by Gasteiger charge is -2.26. The van der Waals surface area contributed by atoms with E-state index in [-0.39, 0.29) is 0 Å². The molecule has 3 aromatic heterocycles. The van der Waals surface area contributed by atoms with E-state index in [0.717, 1.165) is 111 Å². The van der Waals surface area contributed by atoms with Crippen molar-refractivity contribution in [3.8, 4) is 33.4 Å². The smallest absolute Gasteiger partial charge is 0.159 e. The fraction of sp³-hybridized carbons (Fsp3) is 0. The zero-order valence-corrected chi connectivity index (χ0v) is 31.2. The van der Waals surface area contributed by atoms with E-state index in [0.29, 0.717) is 0 Å². The molecule has 0 spiro atoms. The molecule has 0 saturated carbocycles. The highest BCUT2D eigenvalue weighted by Gasteiger charge is 2.22. The molecule has 0 unspecified atom stereocenters. The zero-order chi connectivity index (χ0) is 38.2. The predicted octanol–water partition coefficient (Wildman–Crippen LogP) is 15.9. The van der Waals surface area contributed by atoms with Gasteiger partial charge in [-0.2, -0.15) is 0 Å². The number of nitrogens with zero attached hydrogens (tertiary/aromatic N) is 1. The first kappa shape index (κ1) is 32.4. The van der Waals surface area contributed by atoms with E-state index in [4.69, 9.17) is 13.3 Å². The Hall–Kier alpha value is -7.82. The van der Waals surface area contributed by atoms with Crippen LogP contribution in [0.25, 0.3) is 99.2 Å². The molecule has 9 aromatic carbocycles. The summed E-state index contributed by atoms with van der Waals surface area (Å²) in [5, 5.41) is 6.43. The van der Waals surface area contributed by atoms with Gasteiger partial charge in [-0.1, -0.05) is 140 Å². The van der Waals surface area contributed by atoms with Crippen molar-refractivity contribution < 1.29 is 13.3 Å². The molecule has 0 atom stereocenters. The number of para-hydroxylation sites is 3. The monoisotopic (exact) mass is 743 g/mol. The van der Waals surface area contributed by atoms with Crippen LogP contribution in [0.5, 0.6) is 0 Å². The molecule has 4 nitrogen and oxygen atoms in total. The Balaban J connectivity index is 0.995. The molecular formula is C54H33NO3. The van der Waals surface area contributed by atoms with E-state index >= 15 is 0 Å². The van der Waals surface area contributed by atoms with Crippen LogP contribution in [0.4, 0.5) is 17.1 Å². The van der Waals surface area contributed by atoms with E-state index in [2.05, 4.69) is 175 Å². The van der Waals surface area contributed by atoms with Crippen molar-refractivity contribution in [2.24, 2.45) is 0 Å². The van der Waals surface area contributed by atoms with Gasteiger partial charge in [0.15, 0.2) is 5.58 Å². The summed E-state index contributed by atoms with van der Waals surface area (Å²) in [5.74, 6) is 0. The normalized spacial score (nSPS) is 11.8. The number of hydrogen-bond donors (Lipinski definition) is 0. The summed E-state index contributed by atoms with van der Waals surface area (Å²) < 4.78 is 19.9. The summed E-state index contributed by atoms with van der Waals surface area (Å²) in [6.07, 6.45) is 0. The average molecular weight is 744 g/mol. The number of benzene rings is 9. The standard InChI is InChI=1S/C54H33NO3/c1-3-13-34(14-4-1)37-17-11-18-40(31-37)55(46-22-12-21-43-41-19-7-9-23-47(41)57-53(43)46)39-28-25-35(26-29-39)38-27-30-42-45-33-50-52(44-20-8-10-24-48(44)56-50)51(36-15-5-2-6-16-36)54(45)58-49(42)32-38/h1-33H. The summed E-state index contributed by atoms with van der Waals surface area (Å²) in [5.41, 5.74) is 14.8. The van der Waals surface area contributed by atoms with Gasteiger partial charge in [-0.05, 0) is 88.5 Å². The van der Waals surface area contributed by atoms with E-state index in [1.807, 2.05) is 30.3 Å². The van der Waals surface area contributed by atoms with Gasteiger partial charge in [0.1, 0.15) is 27.9 Å². The molecule has 0 aliphatic heterocycles. The van der Waals surface area contributed by atoms with Gasteiger partial charge in [0.2, 0.25) is 0 Å². The second kappa shape index (κ2) is 12.9. The fourth-order valence-electron chi connectivity index (χ4n) is 8.77. The molecular weight excluding hydrogens is 711 g/mol. The molecule has 0 aliphatic carbocycles. The third kappa shape index (κ3) is 5.09. The van der Waals surface area contributed by atoms with Crippen LogP contribution in [0.3, 0.4) is 0 Å². The molecule has 272 valence electrons. The van der Waals surface area contributed by atoms with Gasteiger partial charge in [-0.15, -0.1) is 0 Å². The Kier molecular flexibility index (Phi) is 7.20. The predicted molar refractivity (Wildman–Crippen MR) is 239 cm³/mol. The van der Waals surface area contributed by atoms with Crippen molar-refractivity contribution in [2.75, 3.05) is 4.90 Å². The Morgan fingerprint density at radius 1 is 0.293 bits per heavy atom. The summed E-state index contributed by atoms with van der Waals surface area (Å²) in [7, 11) is 0. The molecule has 0 N–H and O–H groups in total. The SMILES string of the molecule is c1ccc(-c2cccc(N(c3ccc(-c4ccc5c(c4)oc4c(-c6ccccc6)c6c(cc45)oc4ccccc46)cc3)c3cccc4c3oc3ccccc34)c2)cc1. The maximum absolute atomic E-state index is 6.86. The molecule has 0 aliphatic rings. The first-order valence-electron chi connectivity index (χ1n) is 19.6. The van der Waals surface area contributed by atoms with Crippen LogP contribution in [0.15, 0.2) is 213 Å². The Morgan fingerprint density at radius 2 is 0.879 bits per heavy atom. The third-order valence-electron chi connectivity index (χ3n) is 11.5. The van der Waals surface area contributed by atoms with Gasteiger partial charge < -0.3 is 18.2 Å². The van der Waals surface area contributed by atoms with Crippen molar-refractivity contribution in [1.82, 2.24) is 0 Å². The first-order chi connectivity index (χ1) is 28.7. The van der Waals surface area contributed by atoms with Crippen molar-refractivity contribution in [2.45, 2.75) is 0 Å². The number of anilines is 3. The maximum Gasteiger partial charge on any atom is 0.159 e. The molecule has 0 radical (unpaired) electrons. The lowest BCUT2D eigenvalue weighted by Crippen LogP contribution is -2.10. The molecule has 12 rings (SSSR count). The van der Waals surface area contributed by atoms with Crippen LogP contribution in [0, 0.1) is 0 Å². The minimum Gasteiger partial charge on any atom is -0.456 e. The molecule has 58 heavy (non-hydrogen) atoms. The molecule has 0 bridgehead atoms. The van der Waals surface area contributed by atoms with Gasteiger partial charge in [0.25, 0.3) is 0 Å². The van der Waals surface area contributed by atoms with Crippen molar-refractivity contribution in [3.63, 3.8) is 0 Å². The summed E-state index contributed by atoms with van der Waals surface area (Å²) in [4.78, 5) is 2.30. The van der Waals surface area contributed by atoms with Crippen LogP contribution in [0.1, 0.15) is 0 Å². The van der Waals surface area contributed by atoms with Crippen LogP contribution >= 0.6 is 0 Å². The van der Waals surface area contributed by atoms with Crippen LogP contribution in [-0.2, 0) is 0 Å². The van der Waals surface area contributed by atoms with E-state index in [9.17, 15) is 0 Å². The molecule has 12 aromatic rings. The molecule has 0 amide bonds. The molecule has 4 heteroatoms. The molecule has 0 fully saturated rings. The zero-order valence-electron chi connectivity index (χ0n) is 31.2. The number of hydrogen-bond acceptors (Lipinski definition) is 4. The van der Waals surface area contributed by atoms with E-state index < -0.39 is 0 Å². The summed E-state index contributed by atoms with van der Waals surface area (Å²) in [6, 6.07) is 70.1. The highest BCUT2D eigenvalue weighted by Crippen LogP contribution is 2.46. The average Bonchev–Trinajstić information content (AvgIpc) is 3.98. The maximum atomic E-state index is 6.86. The number of furan rings is 3. The topological polar surface area (TPSA) is 42.7 Å². The minimum absolute atomic E-state index is 0.835. The quantitative estimate of drug-likeness (QED) is 0.170. The Labute approximate surface area is 333 Å². The highest BCUT2D eigenvalue weighted by atomic mass is 16.3. The van der Waals surface area contributed by atoms with Gasteiger partial charge in [0, 0.05) is 49.3 Å². The number of rotatable bonds is 6. The number of fused-ring (bicyclic) bond motifs is 9. The summed E-state index contributed by atoms with van der Waals surface area (Å²) >= 11 is 0. The van der Waals surface area contributed by atoms with Crippen molar-refractivity contribution in [3.05, 3.63) is 200 Å². The van der Waals surface area contributed by atoms with Crippen LogP contribution < -0.4 is 4.90 Å². The van der Waals surface area contributed by atoms with Gasteiger partial charge in [0.05, 0.1) is 5.69 Å². The minimum atomic E-state index is 0.835. The largest absolute Gasteiger partial charge is 0.456 e. The second-order valence-electron chi connectivity index (χ2n) is 14.8. The highest BCUT2D eigenvalue weighted by molar-refractivity contribution is 6.23. The molecule has 0 saturated heterocycles. The lowest BCUT2D eigenvalue weighted by atomic mass is 9.96. The van der Waals surface area contributed by atoms with Crippen LogP contribution in [0.2, 0.25) is 0 Å².